The molecule has 0 amide bonds. The minimum atomic E-state index is -0.351. The minimum absolute atomic E-state index is 0.351. The van der Waals surface area contributed by atoms with Gasteiger partial charge < -0.3 is 13.9 Å². The van der Waals surface area contributed by atoms with Crippen LogP contribution in [0.1, 0.15) is 37.3 Å². The lowest BCUT2D eigenvalue weighted by Crippen LogP contribution is -2.21. The number of aromatic nitrogens is 6. The van der Waals surface area contributed by atoms with E-state index in [1.807, 2.05) is 62.6 Å². The van der Waals surface area contributed by atoms with Crippen molar-refractivity contribution >= 4 is 43.9 Å². The molecule has 0 bridgehead atoms. The molecule has 7 heteroatoms. The van der Waals surface area contributed by atoms with Gasteiger partial charge in [0, 0.05) is 23.9 Å². The van der Waals surface area contributed by atoms with Crippen LogP contribution >= 0.6 is 0 Å². The first kappa shape index (κ1) is 26.5. The number of hydrogen-bond donors (Lipinski definition) is 0. The minimum Gasteiger partial charge on any atom is -0.350 e. The van der Waals surface area contributed by atoms with Gasteiger partial charge in [0.15, 0.2) is 0 Å². The summed E-state index contributed by atoms with van der Waals surface area (Å²) in [6.07, 6.45) is 17.9. The van der Waals surface area contributed by atoms with Gasteiger partial charge in [-0.3, -0.25) is 9.97 Å². The molecule has 2 aromatic carbocycles. The molecule has 204 valence electrons. The van der Waals surface area contributed by atoms with Crippen molar-refractivity contribution in [2.24, 2.45) is 0 Å². The summed E-state index contributed by atoms with van der Waals surface area (Å²) in [7, 11) is 0. The van der Waals surface area contributed by atoms with E-state index in [-0.39, 0.29) is 12.2 Å². The Balaban J connectivity index is 1.09. The summed E-state index contributed by atoms with van der Waals surface area (Å²) in [4.78, 5) is 18.6. The normalized spacial score (nSPS) is 13.1. The van der Waals surface area contributed by atoms with E-state index >= 15 is 0 Å². The molecule has 0 saturated carbocycles. The van der Waals surface area contributed by atoms with Crippen LogP contribution in [0.25, 0.3) is 43.9 Å². The molecule has 0 aliphatic rings. The number of hydrogen-bond acceptors (Lipinski definition) is 5. The van der Waals surface area contributed by atoms with Crippen LogP contribution in [-0.2, 0) is 17.8 Å². The Hall–Kier alpha value is -4.72. The maximum absolute atomic E-state index is 6.22. The average Bonchev–Trinajstić information content (AvgIpc) is 3.50. The zero-order valence-electron chi connectivity index (χ0n) is 23.4. The monoisotopic (exact) mass is 540 g/mol. The largest absolute Gasteiger partial charge is 0.350 e. The second kappa shape index (κ2) is 11.4. The maximum Gasteiger partial charge on any atom is 0.119 e. The predicted octanol–water partition coefficient (Wildman–Crippen LogP) is 6.38. The number of pyridine rings is 2. The zero-order valence-corrected chi connectivity index (χ0v) is 23.4. The Bertz CT molecular complexity index is 1810. The molecule has 6 aromatic rings. The molecule has 0 aliphatic carbocycles. The molecule has 0 N–H and O–H groups in total. The second-order valence-electron chi connectivity index (χ2n) is 10.4. The molecule has 2 atom stereocenters. The van der Waals surface area contributed by atoms with Gasteiger partial charge in [-0.15, -0.1) is 12.8 Å². The van der Waals surface area contributed by atoms with Crippen LogP contribution in [0.3, 0.4) is 0 Å². The Morgan fingerprint density at radius 1 is 0.683 bits per heavy atom. The van der Waals surface area contributed by atoms with Gasteiger partial charge in [0.1, 0.15) is 34.9 Å². The summed E-state index contributed by atoms with van der Waals surface area (Å²) in [5.41, 5.74) is 5.96. The summed E-state index contributed by atoms with van der Waals surface area (Å²) in [6.45, 7) is 5.63. The molecule has 0 aliphatic heterocycles. The number of rotatable bonds is 10. The first-order valence-corrected chi connectivity index (χ1v) is 14.1. The van der Waals surface area contributed by atoms with Gasteiger partial charge >= 0.3 is 0 Å². The van der Waals surface area contributed by atoms with Crippen molar-refractivity contribution in [3.63, 3.8) is 0 Å². The van der Waals surface area contributed by atoms with E-state index in [0.717, 1.165) is 81.5 Å². The molecular formula is C34H32N6O. The first-order valence-electron chi connectivity index (χ1n) is 14.1. The lowest BCUT2D eigenvalue weighted by Gasteiger charge is -2.19. The Kier molecular flexibility index (Phi) is 7.37. The highest BCUT2D eigenvalue weighted by molar-refractivity contribution is 6.03. The third kappa shape index (κ3) is 5.13. The van der Waals surface area contributed by atoms with Gasteiger partial charge in [0.05, 0.1) is 34.5 Å². The Labute approximate surface area is 239 Å². The number of fused-ring (bicyclic) bond motifs is 6. The fourth-order valence-electron chi connectivity index (χ4n) is 5.75. The van der Waals surface area contributed by atoms with Crippen LogP contribution in [-0.4, -0.2) is 41.3 Å². The van der Waals surface area contributed by atoms with Gasteiger partial charge in [0.2, 0.25) is 0 Å². The fourth-order valence-corrected chi connectivity index (χ4v) is 5.75. The number of aryl methyl sites for hydroxylation is 4. The number of ether oxygens (including phenoxy) is 1. The smallest absolute Gasteiger partial charge is 0.119 e. The Morgan fingerprint density at radius 2 is 1.12 bits per heavy atom. The molecule has 0 spiro atoms. The molecule has 0 fully saturated rings. The highest BCUT2D eigenvalue weighted by atomic mass is 16.5. The van der Waals surface area contributed by atoms with Crippen molar-refractivity contribution in [2.75, 3.05) is 0 Å². The molecule has 0 saturated heterocycles. The molecule has 2 unspecified atom stereocenters. The average molecular weight is 541 g/mol. The molecule has 0 radical (unpaired) electrons. The van der Waals surface area contributed by atoms with Gasteiger partial charge in [-0.1, -0.05) is 48.2 Å². The van der Waals surface area contributed by atoms with E-state index < -0.39 is 0 Å². The third-order valence-electron chi connectivity index (χ3n) is 7.74. The number of para-hydroxylation sites is 2. The van der Waals surface area contributed by atoms with E-state index in [9.17, 15) is 0 Å². The highest BCUT2D eigenvalue weighted by Crippen LogP contribution is 2.26. The predicted molar refractivity (Wildman–Crippen MR) is 164 cm³/mol. The van der Waals surface area contributed by atoms with Crippen LogP contribution in [0.2, 0.25) is 0 Å². The van der Waals surface area contributed by atoms with Gasteiger partial charge in [-0.05, 0) is 51.7 Å². The second-order valence-corrected chi connectivity index (χ2v) is 10.4. The van der Waals surface area contributed by atoms with Crippen LogP contribution in [0.4, 0.5) is 0 Å². The number of benzene rings is 2. The van der Waals surface area contributed by atoms with E-state index in [1.54, 1.807) is 0 Å². The first-order chi connectivity index (χ1) is 20.1. The quantitative estimate of drug-likeness (QED) is 0.189. The molecular weight excluding hydrogens is 508 g/mol. The van der Waals surface area contributed by atoms with Crippen LogP contribution in [0.5, 0.6) is 0 Å². The van der Waals surface area contributed by atoms with E-state index in [4.69, 9.17) is 27.6 Å². The SMILES string of the molecule is C#CC(CCCn1c(C)nc2cnc3ccccc3c21)OC(C#C)CCCn1c(C)nc2cnc3ccccc3c21. The molecule has 41 heavy (non-hydrogen) atoms. The highest BCUT2D eigenvalue weighted by Gasteiger charge is 2.17. The third-order valence-corrected chi connectivity index (χ3v) is 7.74. The van der Waals surface area contributed by atoms with Crippen molar-refractivity contribution in [1.82, 2.24) is 29.1 Å². The maximum atomic E-state index is 6.22. The van der Waals surface area contributed by atoms with Crippen LogP contribution in [0, 0.1) is 38.5 Å². The van der Waals surface area contributed by atoms with E-state index in [0.29, 0.717) is 12.8 Å². The lowest BCUT2D eigenvalue weighted by molar-refractivity contribution is 0.0401. The Morgan fingerprint density at radius 3 is 1.56 bits per heavy atom. The zero-order chi connectivity index (χ0) is 28.3. The van der Waals surface area contributed by atoms with Crippen molar-refractivity contribution in [1.29, 1.82) is 0 Å². The van der Waals surface area contributed by atoms with Gasteiger partial charge in [-0.2, -0.15) is 0 Å². The van der Waals surface area contributed by atoms with Crippen molar-refractivity contribution in [2.45, 2.75) is 64.8 Å². The summed E-state index contributed by atoms with van der Waals surface area (Å²) in [6, 6.07) is 16.3. The van der Waals surface area contributed by atoms with Crippen molar-refractivity contribution < 1.29 is 4.74 Å². The standard InChI is InChI=1S/C34H32N6O/c1-5-25(13-11-19-39-23(3)37-31-21-35-29-17-9-7-15-27(29)33(31)39)41-26(6-2)14-12-20-40-24(4)38-32-22-36-30-18-10-8-16-28(30)34(32)40/h1-2,7-10,15-18,21-22,25-26H,11-14,19-20H2,3-4H3. The number of imidazole rings is 2. The van der Waals surface area contributed by atoms with E-state index in [2.05, 4.69) is 43.1 Å². The van der Waals surface area contributed by atoms with Gasteiger partial charge in [-0.25, -0.2) is 9.97 Å². The van der Waals surface area contributed by atoms with Crippen LogP contribution in [0.15, 0.2) is 60.9 Å². The van der Waals surface area contributed by atoms with E-state index in [1.165, 1.54) is 0 Å². The summed E-state index contributed by atoms with van der Waals surface area (Å²) in [5.74, 6) is 7.55. The van der Waals surface area contributed by atoms with Gasteiger partial charge in [0.25, 0.3) is 0 Å². The molecule has 6 rings (SSSR count). The topological polar surface area (TPSA) is 70.7 Å². The molecule has 7 nitrogen and oxygen atoms in total. The number of terminal acetylenes is 2. The lowest BCUT2D eigenvalue weighted by atomic mass is 10.1. The fraction of sp³-hybridized carbons (Fsp3) is 0.294. The van der Waals surface area contributed by atoms with Crippen LogP contribution < -0.4 is 0 Å². The van der Waals surface area contributed by atoms with Crippen molar-refractivity contribution in [3.8, 4) is 24.7 Å². The summed E-state index contributed by atoms with van der Waals surface area (Å²) in [5, 5.41) is 2.21. The van der Waals surface area contributed by atoms with Crippen molar-refractivity contribution in [3.05, 3.63) is 72.6 Å². The summed E-state index contributed by atoms with van der Waals surface area (Å²) < 4.78 is 10.7. The summed E-state index contributed by atoms with van der Waals surface area (Å²) >= 11 is 0. The molecule has 4 aromatic heterocycles. The molecule has 4 heterocycles. The number of nitrogens with zero attached hydrogens (tertiary/aromatic N) is 6.